The predicted octanol–water partition coefficient (Wildman–Crippen LogP) is 2.27. The van der Waals surface area contributed by atoms with E-state index in [1.165, 1.54) is 19.4 Å². The molecule has 0 spiro atoms. The second kappa shape index (κ2) is 4.62. The van der Waals surface area contributed by atoms with Crippen LogP contribution in [0.1, 0.15) is 33.6 Å². The summed E-state index contributed by atoms with van der Waals surface area (Å²) in [5, 5.41) is 8.74. The van der Waals surface area contributed by atoms with Gasteiger partial charge in [-0.2, -0.15) is 5.26 Å². The Morgan fingerprint density at radius 2 is 2.00 bits per heavy atom. The van der Waals surface area contributed by atoms with E-state index >= 15 is 0 Å². The minimum absolute atomic E-state index is 0.168. The molecule has 0 aliphatic heterocycles. The summed E-state index contributed by atoms with van der Waals surface area (Å²) in [5.74, 6) is 1.09. The first-order valence-corrected chi connectivity index (χ1v) is 5.27. The van der Waals surface area contributed by atoms with Gasteiger partial charge in [-0.1, -0.05) is 0 Å². The topological polar surface area (TPSA) is 27.0 Å². The molecule has 0 aromatic heterocycles. The smallest absolute Gasteiger partial charge is 0.0666 e. The molecular formula is C11H20N2. The summed E-state index contributed by atoms with van der Waals surface area (Å²) in [4.78, 5) is 2.44. The molecule has 0 saturated heterocycles. The molecule has 13 heavy (non-hydrogen) atoms. The zero-order chi connectivity index (χ0) is 9.84. The largest absolute Gasteiger partial charge is 0.299 e. The van der Waals surface area contributed by atoms with Crippen LogP contribution in [0.15, 0.2) is 0 Å². The van der Waals surface area contributed by atoms with Gasteiger partial charge in [-0.05, 0) is 39.5 Å². The molecule has 1 aliphatic rings. The van der Waals surface area contributed by atoms with E-state index in [2.05, 4.69) is 24.8 Å². The fourth-order valence-electron chi connectivity index (χ4n) is 1.52. The Bertz CT molecular complexity index is 189. The van der Waals surface area contributed by atoms with Crippen molar-refractivity contribution in [2.24, 2.45) is 11.8 Å². The summed E-state index contributed by atoms with van der Waals surface area (Å²) in [6, 6.07) is 2.88. The highest BCUT2D eigenvalue weighted by Crippen LogP contribution is 2.30. The Morgan fingerprint density at radius 1 is 1.38 bits per heavy atom. The number of hydrogen-bond acceptors (Lipinski definition) is 2. The van der Waals surface area contributed by atoms with Crippen LogP contribution in [-0.2, 0) is 0 Å². The molecule has 1 fully saturated rings. The molecule has 0 radical (unpaired) electrons. The first kappa shape index (κ1) is 10.5. The van der Waals surface area contributed by atoms with Crippen LogP contribution in [0.2, 0.25) is 0 Å². The highest BCUT2D eigenvalue weighted by molar-refractivity contribution is 4.85. The molecule has 1 atom stereocenters. The van der Waals surface area contributed by atoms with Gasteiger partial charge in [0.05, 0.1) is 12.0 Å². The first-order valence-electron chi connectivity index (χ1n) is 5.27. The highest BCUT2D eigenvalue weighted by atomic mass is 15.1. The molecule has 74 valence electrons. The summed E-state index contributed by atoms with van der Waals surface area (Å²) in [7, 11) is 0. The normalized spacial score (nSPS) is 19.1. The number of rotatable bonds is 5. The van der Waals surface area contributed by atoms with Crippen molar-refractivity contribution in [1.82, 2.24) is 4.90 Å². The Hall–Kier alpha value is -0.550. The number of nitriles is 1. The first-order chi connectivity index (χ1) is 6.13. The van der Waals surface area contributed by atoms with Gasteiger partial charge in [0.15, 0.2) is 0 Å². The zero-order valence-corrected chi connectivity index (χ0v) is 8.95. The van der Waals surface area contributed by atoms with E-state index in [-0.39, 0.29) is 5.92 Å². The van der Waals surface area contributed by atoms with Crippen molar-refractivity contribution in [3.8, 4) is 6.07 Å². The van der Waals surface area contributed by atoms with Gasteiger partial charge in [-0.15, -0.1) is 0 Å². The Balaban J connectivity index is 2.32. The lowest BCUT2D eigenvalue weighted by Crippen LogP contribution is -2.36. The summed E-state index contributed by atoms with van der Waals surface area (Å²) in [5.41, 5.74) is 0. The summed E-state index contributed by atoms with van der Waals surface area (Å²) < 4.78 is 0. The van der Waals surface area contributed by atoms with Crippen molar-refractivity contribution in [1.29, 1.82) is 5.26 Å². The van der Waals surface area contributed by atoms with E-state index in [1.54, 1.807) is 0 Å². The molecule has 0 heterocycles. The number of nitrogens with zero attached hydrogens (tertiary/aromatic N) is 2. The van der Waals surface area contributed by atoms with Crippen LogP contribution in [0, 0.1) is 23.2 Å². The minimum atomic E-state index is 0.168. The summed E-state index contributed by atoms with van der Waals surface area (Å²) in [6.45, 7) is 8.57. The fourth-order valence-corrected chi connectivity index (χ4v) is 1.52. The van der Waals surface area contributed by atoms with Gasteiger partial charge in [-0.3, -0.25) is 4.90 Å². The third kappa shape index (κ3) is 3.78. The standard InChI is InChI=1S/C11H20N2/c1-9(2)13(7-10(3)6-12)8-11-4-5-11/h9-11H,4-5,7-8H2,1-3H3. The van der Waals surface area contributed by atoms with Gasteiger partial charge in [0.25, 0.3) is 0 Å². The zero-order valence-electron chi connectivity index (χ0n) is 8.95. The van der Waals surface area contributed by atoms with Crippen molar-refractivity contribution >= 4 is 0 Å². The van der Waals surface area contributed by atoms with Crippen LogP contribution < -0.4 is 0 Å². The maximum Gasteiger partial charge on any atom is 0.0666 e. The molecule has 1 saturated carbocycles. The van der Waals surface area contributed by atoms with E-state index < -0.39 is 0 Å². The van der Waals surface area contributed by atoms with E-state index in [4.69, 9.17) is 5.26 Å². The van der Waals surface area contributed by atoms with Crippen LogP contribution in [0.3, 0.4) is 0 Å². The Kier molecular flexibility index (Phi) is 3.74. The van der Waals surface area contributed by atoms with Gasteiger partial charge < -0.3 is 0 Å². The van der Waals surface area contributed by atoms with Crippen molar-refractivity contribution in [2.75, 3.05) is 13.1 Å². The van der Waals surface area contributed by atoms with E-state index in [0.717, 1.165) is 12.5 Å². The maximum absolute atomic E-state index is 8.74. The molecule has 0 bridgehead atoms. The SMILES string of the molecule is CC(C#N)CN(CC1CC1)C(C)C. The van der Waals surface area contributed by atoms with Gasteiger partial charge in [0.1, 0.15) is 0 Å². The van der Waals surface area contributed by atoms with Crippen molar-refractivity contribution in [3.63, 3.8) is 0 Å². The van der Waals surface area contributed by atoms with Crippen molar-refractivity contribution < 1.29 is 0 Å². The quantitative estimate of drug-likeness (QED) is 0.649. The molecule has 2 heteroatoms. The molecule has 2 nitrogen and oxygen atoms in total. The predicted molar refractivity (Wildman–Crippen MR) is 54.2 cm³/mol. The average molecular weight is 180 g/mol. The number of hydrogen-bond donors (Lipinski definition) is 0. The molecule has 1 rings (SSSR count). The van der Waals surface area contributed by atoms with Gasteiger partial charge in [-0.25, -0.2) is 0 Å². The lowest BCUT2D eigenvalue weighted by molar-refractivity contribution is 0.198. The second-order valence-corrected chi connectivity index (χ2v) is 4.52. The molecular weight excluding hydrogens is 160 g/mol. The van der Waals surface area contributed by atoms with Crippen LogP contribution in [0.5, 0.6) is 0 Å². The third-order valence-electron chi connectivity index (χ3n) is 2.65. The molecule has 0 N–H and O–H groups in total. The van der Waals surface area contributed by atoms with Gasteiger partial charge in [0.2, 0.25) is 0 Å². The van der Waals surface area contributed by atoms with Crippen molar-refractivity contribution in [2.45, 2.75) is 39.7 Å². The molecule has 0 aromatic rings. The van der Waals surface area contributed by atoms with E-state index in [1.807, 2.05) is 6.92 Å². The molecule has 0 amide bonds. The van der Waals surface area contributed by atoms with Crippen LogP contribution >= 0.6 is 0 Å². The fraction of sp³-hybridized carbons (Fsp3) is 0.909. The average Bonchev–Trinajstić information content (AvgIpc) is 2.86. The summed E-state index contributed by atoms with van der Waals surface area (Å²) >= 11 is 0. The van der Waals surface area contributed by atoms with Crippen LogP contribution in [-0.4, -0.2) is 24.0 Å². The summed E-state index contributed by atoms with van der Waals surface area (Å²) in [6.07, 6.45) is 2.79. The highest BCUT2D eigenvalue weighted by Gasteiger charge is 2.25. The monoisotopic (exact) mass is 180 g/mol. The maximum atomic E-state index is 8.74. The minimum Gasteiger partial charge on any atom is -0.299 e. The van der Waals surface area contributed by atoms with E-state index in [9.17, 15) is 0 Å². The van der Waals surface area contributed by atoms with Crippen LogP contribution in [0.25, 0.3) is 0 Å². The Labute approximate surface area is 81.5 Å². The Morgan fingerprint density at radius 3 is 2.38 bits per heavy atom. The molecule has 0 aromatic carbocycles. The second-order valence-electron chi connectivity index (χ2n) is 4.52. The molecule has 1 unspecified atom stereocenters. The lowest BCUT2D eigenvalue weighted by Gasteiger charge is -2.27. The third-order valence-corrected chi connectivity index (χ3v) is 2.65. The van der Waals surface area contributed by atoms with E-state index in [0.29, 0.717) is 6.04 Å². The van der Waals surface area contributed by atoms with Gasteiger partial charge >= 0.3 is 0 Å². The lowest BCUT2D eigenvalue weighted by atomic mass is 10.1. The van der Waals surface area contributed by atoms with Crippen molar-refractivity contribution in [3.05, 3.63) is 0 Å². The van der Waals surface area contributed by atoms with Crippen LogP contribution in [0.4, 0.5) is 0 Å². The van der Waals surface area contributed by atoms with Gasteiger partial charge in [0, 0.05) is 19.1 Å². The molecule has 1 aliphatic carbocycles.